The average molecular weight is 288 g/mol. The Morgan fingerprint density at radius 1 is 1.20 bits per heavy atom. The second kappa shape index (κ2) is 5.46. The number of halogens is 1. The third-order valence-electron chi connectivity index (χ3n) is 2.91. The molecule has 1 aromatic carbocycles. The first-order valence-corrected chi connectivity index (χ1v) is 7.02. The number of fused-ring (bicyclic) bond motifs is 1. The highest BCUT2D eigenvalue weighted by atomic mass is 32.1. The van der Waals surface area contributed by atoms with Crippen LogP contribution in [0.4, 0.5) is 10.2 Å². The number of rotatable bonds is 4. The van der Waals surface area contributed by atoms with E-state index >= 15 is 0 Å². The van der Waals surface area contributed by atoms with E-state index in [0.29, 0.717) is 11.6 Å². The molecular formula is C15H13FN2OS. The summed E-state index contributed by atoms with van der Waals surface area (Å²) >= 11 is 1.65. The van der Waals surface area contributed by atoms with Crippen molar-refractivity contribution in [3.05, 3.63) is 42.6 Å². The fraction of sp³-hybridized carbons (Fsp3) is 0.133. The second-order valence-corrected chi connectivity index (χ2v) is 5.40. The van der Waals surface area contributed by atoms with Gasteiger partial charge in [0.15, 0.2) is 0 Å². The molecule has 102 valence electrons. The molecule has 5 heteroatoms. The maximum Gasteiger partial charge on any atom is 0.123 e. The molecule has 0 unspecified atom stereocenters. The summed E-state index contributed by atoms with van der Waals surface area (Å²) in [5.41, 5.74) is 6.63. The Balaban J connectivity index is 1.95. The zero-order valence-electron chi connectivity index (χ0n) is 10.7. The summed E-state index contributed by atoms with van der Waals surface area (Å²) in [6.45, 7) is -0.392. The van der Waals surface area contributed by atoms with Crippen LogP contribution < -0.4 is 10.5 Å². The van der Waals surface area contributed by atoms with Gasteiger partial charge in [0.1, 0.15) is 24.8 Å². The fourth-order valence-electron chi connectivity index (χ4n) is 1.95. The van der Waals surface area contributed by atoms with Crippen LogP contribution in [0, 0.1) is 0 Å². The highest BCUT2D eigenvalue weighted by Crippen LogP contribution is 2.35. The quantitative estimate of drug-likeness (QED) is 0.792. The monoisotopic (exact) mass is 288 g/mol. The maximum atomic E-state index is 12.1. The van der Waals surface area contributed by atoms with E-state index in [4.69, 9.17) is 10.5 Å². The third-order valence-corrected chi connectivity index (χ3v) is 4.06. The summed E-state index contributed by atoms with van der Waals surface area (Å²) in [5.74, 6) is 1.20. The number of nitrogens with two attached hydrogens (primary N) is 1. The summed E-state index contributed by atoms with van der Waals surface area (Å²) in [5, 5.41) is 1.13. The van der Waals surface area contributed by atoms with E-state index in [2.05, 4.69) is 11.1 Å². The van der Waals surface area contributed by atoms with Crippen LogP contribution in [0.1, 0.15) is 0 Å². The number of nitrogens with zero attached hydrogens (tertiary/aromatic N) is 1. The van der Waals surface area contributed by atoms with Gasteiger partial charge in [-0.3, -0.25) is 0 Å². The predicted molar refractivity (Wildman–Crippen MR) is 80.9 cm³/mol. The van der Waals surface area contributed by atoms with Crippen molar-refractivity contribution in [2.75, 3.05) is 19.0 Å². The lowest BCUT2D eigenvalue weighted by atomic mass is 10.2. The van der Waals surface area contributed by atoms with Gasteiger partial charge >= 0.3 is 0 Å². The van der Waals surface area contributed by atoms with Gasteiger partial charge in [-0.05, 0) is 41.8 Å². The Kier molecular flexibility index (Phi) is 3.52. The SMILES string of the molecule is Nc1ccc(-c2cc3ccc(OCCF)cc3s2)cn1. The fourth-order valence-corrected chi connectivity index (χ4v) is 3.03. The van der Waals surface area contributed by atoms with Crippen molar-refractivity contribution in [1.29, 1.82) is 0 Å². The molecule has 0 bridgehead atoms. The minimum absolute atomic E-state index is 0.0889. The van der Waals surface area contributed by atoms with Crippen molar-refractivity contribution in [3.8, 4) is 16.2 Å². The van der Waals surface area contributed by atoms with Crippen molar-refractivity contribution in [2.24, 2.45) is 0 Å². The average Bonchev–Trinajstić information content (AvgIpc) is 2.89. The number of thiophene rings is 1. The van der Waals surface area contributed by atoms with Crippen LogP contribution in [-0.4, -0.2) is 18.3 Å². The van der Waals surface area contributed by atoms with Crippen molar-refractivity contribution >= 4 is 27.2 Å². The van der Waals surface area contributed by atoms with E-state index in [9.17, 15) is 4.39 Å². The number of nitrogen functional groups attached to an aromatic ring is 1. The van der Waals surface area contributed by atoms with E-state index in [1.165, 1.54) is 0 Å². The molecule has 0 atom stereocenters. The van der Waals surface area contributed by atoms with Gasteiger partial charge < -0.3 is 10.5 Å². The molecule has 0 aliphatic carbocycles. The van der Waals surface area contributed by atoms with Gasteiger partial charge in [0.2, 0.25) is 0 Å². The maximum absolute atomic E-state index is 12.1. The lowest BCUT2D eigenvalue weighted by molar-refractivity contribution is 0.273. The van der Waals surface area contributed by atoms with Crippen LogP contribution in [0.3, 0.4) is 0 Å². The standard InChI is InChI=1S/C15H13FN2OS/c16-5-6-19-12-3-1-10-7-13(20-14(10)8-12)11-2-4-15(17)18-9-11/h1-4,7-9H,5-6H2,(H2,17,18). The zero-order valence-corrected chi connectivity index (χ0v) is 11.5. The summed E-state index contributed by atoms with van der Waals surface area (Å²) in [6, 6.07) is 11.6. The summed E-state index contributed by atoms with van der Waals surface area (Å²) in [6.07, 6.45) is 1.76. The molecule has 0 radical (unpaired) electrons. The molecule has 0 aliphatic rings. The Bertz CT molecular complexity index is 724. The highest BCUT2D eigenvalue weighted by molar-refractivity contribution is 7.22. The molecule has 0 saturated carbocycles. The molecule has 0 amide bonds. The van der Waals surface area contributed by atoms with E-state index in [-0.39, 0.29) is 6.61 Å². The van der Waals surface area contributed by atoms with Crippen LogP contribution in [0.15, 0.2) is 42.6 Å². The van der Waals surface area contributed by atoms with Crippen LogP contribution >= 0.6 is 11.3 Å². The Morgan fingerprint density at radius 2 is 2.10 bits per heavy atom. The number of anilines is 1. The van der Waals surface area contributed by atoms with Gasteiger partial charge in [0, 0.05) is 21.3 Å². The molecule has 0 aliphatic heterocycles. The van der Waals surface area contributed by atoms with Crippen LogP contribution in [-0.2, 0) is 0 Å². The largest absolute Gasteiger partial charge is 0.491 e. The Labute approximate surface area is 119 Å². The first kappa shape index (κ1) is 12.9. The Hall–Kier alpha value is -2.14. The smallest absolute Gasteiger partial charge is 0.123 e. The highest BCUT2D eigenvalue weighted by Gasteiger charge is 2.06. The van der Waals surface area contributed by atoms with E-state index < -0.39 is 6.67 Å². The predicted octanol–water partition coefficient (Wildman–Crippen LogP) is 3.89. The molecule has 3 aromatic rings. The molecule has 20 heavy (non-hydrogen) atoms. The number of benzene rings is 1. The number of alkyl halides is 1. The Morgan fingerprint density at radius 3 is 2.85 bits per heavy atom. The number of pyridine rings is 1. The molecule has 0 fully saturated rings. The topological polar surface area (TPSA) is 48.1 Å². The number of hydrogen-bond donors (Lipinski definition) is 1. The number of aromatic nitrogens is 1. The molecule has 2 N–H and O–H groups in total. The minimum Gasteiger partial charge on any atom is -0.491 e. The van der Waals surface area contributed by atoms with E-state index in [1.807, 2.05) is 24.3 Å². The van der Waals surface area contributed by atoms with Crippen molar-refractivity contribution in [3.63, 3.8) is 0 Å². The number of ether oxygens (including phenoxy) is 1. The van der Waals surface area contributed by atoms with Crippen LogP contribution in [0.2, 0.25) is 0 Å². The van der Waals surface area contributed by atoms with Crippen LogP contribution in [0.25, 0.3) is 20.5 Å². The molecule has 2 aromatic heterocycles. The third kappa shape index (κ3) is 2.58. The summed E-state index contributed by atoms with van der Waals surface area (Å²) in [4.78, 5) is 5.22. The normalized spacial score (nSPS) is 10.8. The van der Waals surface area contributed by atoms with Gasteiger partial charge in [0.05, 0.1) is 0 Å². The lowest BCUT2D eigenvalue weighted by Crippen LogP contribution is -1.97. The lowest BCUT2D eigenvalue weighted by Gasteiger charge is -2.02. The van der Waals surface area contributed by atoms with Crippen molar-refractivity contribution in [1.82, 2.24) is 4.98 Å². The van der Waals surface area contributed by atoms with Gasteiger partial charge in [-0.25, -0.2) is 9.37 Å². The van der Waals surface area contributed by atoms with E-state index in [0.717, 1.165) is 20.5 Å². The molecule has 0 saturated heterocycles. The molecule has 0 spiro atoms. The van der Waals surface area contributed by atoms with Gasteiger partial charge in [-0.1, -0.05) is 0 Å². The second-order valence-electron chi connectivity index (χ2n) is 4.32. The first-order valence-electron chi connectivity index (χ1n) is 6.20. The van der Waals surface area contributed by atoms with Crippen molar-refractivity contribution < 1.29 is 9.13 Å². The van der Waals surface area contributed by atoms with Gasteiger partial charge in [0.25, 0.3) is 0 Å². The number of hydrogen-bond acceptors (Lipinski definition) is 4. The summed E-state index contributed by atoms with van der Waals surface area (Å²) in [7, 11) is 0. The van der Waals surface area contributed by atoms with Crippen LogP contribution in [0.5, 0.6) is 5.75 Å². The first-order chi connectivity index (χ1) is 9.76. The molecule has 3 rings (SSSR count). The van der Waals surface area contributed by atoms with Crippen molar-refractivity contribution in [2.45, 2.75) is 0 Å². The molecule has 2 heterocycles. The molecule has 3 nitrogen and oxygen atoms in total. The van der Waals surface area contributed by atoms with Gasteiger partial charge in [-0.2, -0.15) is 0 Å². The van der Waals surface area contributed by atoms with Gasteiger partial charge in [-0.15, -0.1) is 11.3 Å². The minimum atomic E-state index is -0.481. The van der Waals surface area contributed by atoms with E-state index in [1.54, 1.807) is 23.6 Å². The zero-order chi connectivity index (χ0) is 13.9. The summed E-state index contributed by atoms with van der Waals surface area (Å²) < 4.78 is 18.5. The molecular weight excluding hydrogens is 275 g/mol.